The number of aliphatic hydroxyl groups is 1. The van der Waals surface area contributed by atoms with Crippen LogP contribution in [0, 0.1) is 11.6 Å². The van der Waals surface area contributed by atoms with Crippen LogP contribution < -0.4 is 0 Å². The minimum atomic E-state index is -1.13. The van der Waals surface area contributed by atoms with Crippen LogP contribution in [0.15, 0.2) is 55.1 Å². The van der Waals surface area contributed by atoms with Crippen LogP contribution in [0.5, 0.6) is 0 Å². The van der Waals surface area contributed by atoms with Crippen LogP contribution in [-0.2, 0) is 5.60 Å². The molecule has 2 aromatic carbocycles. The topological polar surface area (TPSA) is 20.2 Å². The summed E-state index contributed by atoms with van der Waals surface area (Å²) in [5.41, 5.74) is 0.487. The average molecular weight is 260 g/mol. The zero-order valence-electron chi connectivity index (χ0n) is 10.5. The van der Waals surface area contributed by atoms with Crippen molar-refractivity contribution in [2.75, 3.05) is 0 Å². The van der Waals surface area contributed by atoms with Gasteiger partial charge in [-0.3, -0.25) is 0 Å². The Labute approximate surface area is 110 Å². The minimum absolute atomic E-state index is 0.325. The molecule has 0 radical (unpaired) electrons. The summed E-state index contributed by atoms with van der Waals surface area (Å²) in [6.07, 6.45) is 1.43. The van der Waals surface area contributed by atoms with Gasteiger partial charge in [0.25, 0.3) is 0 Å². The molecule has 2 aromatic rings. The largest absolute Gasteiger partial charge is 0.381 e. The van der Waals surface area contributed by atoms with E-state index < -0.39 is 17.2 Å². The van der Waals surface area contributed by atoms with E-state index in [2.05, 4.69) is 6.58 Å². The molecule has 98 valence electrons. The van der Waals surface area contributed by atoms with Crippen molar-refractivity contribution < 1.29 is 13.9 Å². The summed E-state index contributed by atoms with van der Waals surface area (Å²) in [5, 5.41) is 10.0. The van der Waals surface area contributed by atoms with E-state index in [0.717, 1.165) is 6.07 Å². The number of hydrogen-bond donors (Lipinski definition) is 1. The van der Waals surface area contributed by atoms with E-state index in [0.29, 0.717) is 16.7 Å². The maximum absolute atomic E-state index is 13.6. The van der Waals surface area contributed by atoms with Gasteiger partial charge >= 0.3 is 0 Å². The summed E-state index contributed by atoms with van der Waals surface area (Å²) in [6, 6.07) is 10.2. The highest BCUT2D eigenvalue weighted by molar-refractivity contribution is 5.64. The molecule has 0 fully saturated rings. The van der Waals surface area contributed by atoms with Crippen LogP contribution in [-0.4, -0.2) is 5.11 Å². The van der Waals surface area contributed by atoms with E-state index in [1.54, 1.807) is 31.2 Å². The monoisotopic (exact) mass is 260 g/mol. The lowest BCUT2D eigenvalue weighted by Crippen LogP contribution is -2.16. The van der Waals surface area contributed by atoms with Crippen LogP contribution in [0.25, 0.3) is 11.1 Å². The van der Waals surface area contributed by atoms with Gasteiger partial charge < -0.3 is 5.11 Å². The first kappa shape index (κ1) is 13.4. The maximum atomic E-state index is 13.6. The molecule has 0 heterocycles. The molecule has 0 bridgehead atoms. The van der Waals surface area contributed by atoms with E-state index in [1.807, 2.05) is 0 Å². The Kier molecular flexibility index (Phi) is 3.49. The summed E-state index contributed by atoms with van der Waals surface area (Å²) in [4.78, 5) is 0. The first-order valence-electron chi connectivity index (χ1n) is 5.86. The molecule has 1 atom stereocenters. The normalized spacial score (nSPS) is 13.9. The zero-order valence-corrected chi connectivity index (χ0v) is 10.5. The molecule has 0 saturated heterocycles. The van der Waals surface area contributed by atoms with Crippen LogP contribution in [0.3, 0.4) is 0 Å². The lowest BCUT2D eigenvalue weighted by molar-refractivity contribution is 0.111. The third-order valence-corrected chi connectivity index (χ3v) is 3.11. The van der Waals surface area contributed by atoms with Crippen LogP contribution in [0.4, 0.5) is 8.78 Å². The highest BCUT2D eigenvalue weighted by atomic mass is 19.1. The van der Waals surface area contributed by atoms with Crippen molar-refractivity contribution in [1.29, 1.82) is 0 Å². The lowest BCUT2D eigenvalue weighted by Gasteiger charge is -2.19. The molecule has 0 aliphatic rings. The number of halogens is 2. The summed E-state index contributed by atoms with van der Waals surface area (Å²) < 4.78 is 26.5. The molecule has 1 unspecified atom stereocenters. The van der Waals surface area contributed by atoms with Gasteiger partial charge in [0, 0.05) is 11.6 Å². The minimum Gasteiger partial charge on any atom is -0.381 e. The van der Waals surface area contributed by atoms with Gasteiger partial charge in [-0.15, -0.1) is 0 Å². The predicted octanol–water partition coefficient (Wildman–Crippen LogP) is 4.03. The van der Waals surface area contributed by atoms with Gasteiger partial charge in [0.05, 0.1) is 0 Å². The molecule has 3 heteroatoms. The maximum Gasteiger partial charge on any atom is 0.133 e. The van der Waals surface area contributed by atoms with E-state index in [9.17, 15) is 13.9 Å². The van der Waals surface area contributed by atoms with Crippen LogP contribution >= 0.6 is 0 Å². The van der Waals surface area contributed by atoms with Crippen molar-refractivity contribution in [2.45, 2.75) is 12.5 Å². The van der Waals surface area contributed by atoms with E-state index in [4.69, 9.17) is 0 Å². The third-order valence-electron chi connectivity index (χ3n) is 3.11. The van der Waals surface area contributed by atoms with Crippen molar-refractivity contribution in [2.24, 2.45) is 0 Å². The average Bonchev–Trinajstić information content (AvgIpc) is 2.39. The Morgan fingerprint density at radius 3 is 2.26 bits per heavy atom. The molecular weight excluding hydrogens is 246 g/mol. The Morgan fingerprint density at radius 1 is 1.11 bits per heavy atom. The second kappa shape index (κ2) is 4.94. The van der Waals surface area contributed by atoms with Gasteiger partial charge in [-0.1, -0.05) is 36.9 Å². The molecule has 1 nitrogen and oxygen atoms in total. The zero-order chi connectivity index (χ0) is 14.0. The van der Waals surface area contributed by atoms with Gasteiger partial charge in [0.15, 0.2) is 0 Å². The second-order valence-electron chi connectivity index (χ2n) is 4.55. The number of hydrogen-bond acceptors (Lipinski definition) is 1. The second-order valence-corrected chi connectivity index (χ2v) is 4.55. The van der Waals surface area contributed by atoms with Crippen LogP contribution in [0.1, 0.15) is 12.5 Å². The first-order chi connectivity index (χ1) is 8.94. The fourth-order valence-electron chi connectivity index (χ4n) is 1.83. The van der Waals surface area contributed by atoms with E-state index in [-0.39, 0.29) is 0 Å². The molecule has 0 aromatic heterocycles. The summed E-state index contributed by atoms with van der Waals surface area (Å²) in [6.45, 7) is 5.18. The van der Waals surface area contributed by atoms with E-state index >= 15 is 0 Å². The highest BCUT2D eigenvalue weighted by Crippen LogP contribution is 2.27. The van der Waals surface area contributed by atoms with Crippen molar-refractivity contribution in [3.8, 4) is 11.1 Å². The van der Waals surface area contributed by atoms with Gasteiger partial charge in [-0.2, -0.15) is 0 Å². The van der Waals surface area contributed by atoms with Crippen molar-refractivity contribution in [3.63, 3.8) is 0 Å². The molecule has 0 spiro atoms. The van der Waals surface area contributed by atoms with Crippen LogP contribution in [0.2, 0.25) is 0 Å². The highest BCUT2D eigenvalue weighted by Gasteiger charge is 2.18. The van der Waals surface area contributed by atoms with E-state index in [1.165, 1.54) is 18.2 Å². The molecule has 0 amide bonds. The number of rotatable bonds is 3. The van der Waals surface area contributed by atoms with Gasteiger partial charge in [0.2, 0.25) is 0 Å². The molecule has 1 N–H and O–H groups in total. The standard InChI is InChI=1S/C16H14F2O/c1-3-16(2,19)12-6-4-11(5-7-12)14-9-8-13(17)10-15(14)18/h3-10,19H,1H2,2H3. The van der Waals surface area contributed by atoms with Gasteiger partial charge in [-0.25, -0.2) is 8.78 Å². The van der Waals surface area contributed by atoms with Gasteiger partial charge in [0.1, 0.15) is 17.2 Å². The quantitative estimate of drug-likeness (QED) is 0.826. The molecular formula is C16H14F2O. The summed E-state index contributed by atoms with van der Waals surface area (Å²) >= 11 is 0. The molecule has 0 aliphatic carbocycles. The Bertz CT molecular complexity index is 601. The Hall–Kier alpha value is -2.00. The third kappa shape index (κ3) is 2.71. The summed E-state index contributed by atoms with van der Waals surface area (Å²) in [7, 11) is 0. The fourth-order valence-corrected chi connectivity index (χ4v) is 1.83. The summed E-state index contributed by atoms with van der Waals surface area (Å²) in [5.74, 6) is -1.21. The lowest BCUT2D eigenvalue weighted by atomic mass is 9.94. The van der Waals surface area contributed by atoms with Gasteiger partial charge in [-0.05, 0) is 30.2 Å². The molecule has 19 heavy (non-hydrogen) atoms. The smallest absolute Gasteiger partial charge is 0.133 e. The Balaban J connectivity index is 2.40. The van der Waals surface area contributed by atoms with Crippen molar-refractivity contribution >= 4 is 0 Å². The molecule has 2 rings (SSSR count). The SMILES string of the molecule is C=CC(C)(O)c1ccc(-c2ccc(F)cc2F)cc1. The fraction of sp³-hybridized carbons (Fsp3) is 0.125. The number of benzene rings is 2. The predicted molar refractivity (Wildman–Crippen MR) is 71.6 cm³/mol. The molecule has 0 aliphatic heterocycles. The van der Waals surface area contributed by atoms with Crippen molar-refractivity contribution in [3.05, 3.63) is 72.3 Å². The first-order valence-corrected chi connectivity index (χ1v) is 5.86. The molecule has 0 saturated carbocycles. The van der Waals surface area contributed by atoms with Crippen molar-refractivity contribution in [1.82, 2.24) is 0 Å². The Morgan fingerprint density at radius 2 is 1.74 bits per heavy atom.